The predicted molar refractivity (Wildman–Crippen MR) is 275 cm³/mol. The number of likely N-dealkylation sites (tertiary alicyclic amines) is 2. The van der Waals surface area contributed by atoms with E-state index in [-0.39, 0.29) is 65.4 Å². The van der Waals surface area contributed by atoms with Gasteiger partial charge in [-0.05, 0) is 85.1 Å². The number of benzene rings is 4. The fourth-order valence-electron chi connectivity index (χ4n) is 10.9. The summed E-state index contributed by atoms with van der Waals surface area (Å²) >= 11 is 6.79. The standard InChI is InChI=1S/C54H60ClN11O6/c1-4-48(69)65-24-23-63(30-39(65)15-19-56)50-40-18-22-62(45-10-6-8-36-7-5-9-43(55)49(36)45)31-44(40)57-53(58-50)72-32-35-28-64(29-35)52(70)37-16-20-61(21-17-37)27-34-11-13-38(14-12-34)66-51(59-60-54(66)71)42-25-41(33(2)3)46(67)26-47(42)68/h5-14,25-26,33,35,37,39,67-68H,4,15-18,20-24,27-32H2,1-3H3,(H,60,71)/t39-/m0/s1. The van der Waals surface area contributed by atoms with E-state index in [2.05, 4.69) is 55.2 Å². The van der Waals surface area contributed by atoms with Crippen molar-refractivity contribution in [2.45, 2.75) is 77.9 Å². The summed E-state index contributed by atoms with van der Waals surface area (Å²) in [5.74, 6) is 1.15. The Kier molecular flexibility index (Phi) is 13.8. The van der Waals surface area contributed by atoms with Gasteiger partial charge in [-0.1, -0.05) is 68.8 Å². The smallest absolute Gasteiger partial charge is 0.348 e. The Morgan fingerprint density at radius 2 is 1.69 bits per heavy atom. The molecule has 0 radical (unpaired) electrons. The molecule has 0 spiro atoms. The molecule has 0 unspecified atom stereocenters. The van der Waals surface area contributed by atoms with E-state index in [0.717, 1.165) is 71.6 Å². The first kappa shape index (κ1) is 48.5. The van der Waals surface area contributed by atoms with Crippen molar-refractivity contribution < 1.29 is 24.5 Å². The molecule has 4 aliphatic rings. The molecule has 17 nitrogen and oxygen atoms in total. The first-order valence-corrected chi connectivity index (χ1v) is 25.4. The molecule has 3 N–H and O–H groups in total. The van der Waals surface area contributed by atoms with Gasteiger partial charge in [-0.25, -0.2) is 14.5 Å². The third-order valence-corrected chi connectivity index (χ3v) is 15.2. The zero-order chi connectivity index (χ0) is 50.2. The Morgan fingerprint density at radius 1 is 0.931 bits per heavy atom. The monoisotopic (exact) mass is 993 g/mol. The van der Waals surface area contributed by atoms with Crippen LogP contribution in [-0.2, 0) is 29.1 Å². The maximum absolute atomic E-state index is 13.8. The number of aromatic amines is 1. The van der Waals surface area contributed by atoms with Crippen molar-refractivity contribution in [3.8, 4) is 40.7 Å². The number of phenolic OH excluding ortho intramolecular Hbond substituents is 2. The number of nitrogens with zero attached hydrogens (tertiary/aromatic N) is 10. The summed E-state index contributed by atoms with van der Waals surface area (Å²) in [7, 11) is 0. The van der Waals surface area contributed by atoms with Gasteiger partial charge in [0.25, 0.3) is 0 Å². The molecule has 10 rings (SSSR count). The minimum Gasteiger partial charge on any atom is -0.508 e. The minimum atomic E-state index is -0.446. The molecule has 0 aliphatic carbocycles. The highest BCUT2D eigenvalue weighted by atomic mass is 35.5. The van der Waals surface area contributed by atoms with Crippen LogP contribution in [0.3, 0.4) is 0 Å². The lowest BCUT2D eigenvalue weighted by Crippen LogP contribution is -2.55. The number of carbonyl (C=O) groups excluding carboxylic acids is 2. The Labute approximate surface area is 423 Å². The SMILES string of the molecule is CCC(=O)N1CCN(c2nc(OCC3CN(C(=O)C4CCN(Cc5ccc(-n6c(-c7cc(C(C)C)c(O)cc7O)n[nH]c6=O)cc5)CC4)C3)nc3c2CCN(c2cccc4cccc(Cl)c24)C3)C[C@@H]1CC#N. The van der Waals surface area contributed by atoms with Crippen LogP contribution in [0.5, 0.6) is 17.5 Å². The molecule has 2 aromatic heterocycles. The van der Waals surface area contributed by atoms with E-state index in [1.165, 1.54) is 10.6 Å². The number of aromatic hydroxyl groups is 2. The number of hydrogen-bond donors (Lipinski definition) is 3. The lowest BCUT2D eigenvalue weighted by Gasteiger charge is -2.43. The number of nitriles is 1. The lowest BCUT2D eigenvalue weighted by atomic mass is 9.91. The number of halogens is 1. The van der Waals surface area contributed by atoms with Crippen LogP contribution in [-0.4, -0.2) is 126 Å². The third-order valence-electron chi connectivity index (χ3n) is 14.9. The van der Waals surface area contributed by atoms with Crippen molar-refractivity contribution in [2.24, 2.45) is 11.8 Å². The summed E-state index contributed by atoms with van der Waals surface area (Å²) in [5.41, 5.74) is 5.15. The van der Waals surface area contributed by atoms with Gasteiger partial charge in [0, 0.05) is 86.8 Å². The van der Waals surface area contributed by atoms with Crippen LogP contribution in [0, 0.1) is 23.2 Å². The molecule has 0 saturated carbocycles. The van der Waals surface area contributed by atoms with Gasteiger partial charge in [-0.15, -0.1) is 0 Å². The van der Waals surface area contributed by atoms with Gasteiger partial charge in [0.1, 0.15) is 17.3 Å². The third kappa shape index (κ3) is 9.65. The number of amides is 2. The molecule has 374 valence electrons. The average Bonchev–Trinajstić information content (AvgIpc) is 3.75. The first-order chi connectivity index (χ1) is 34.9. The minimum absolute atomic E-state index is 0.0123. The van der Waals surface area contributed by atoms with Crippen LogP contribution < -0.4 is 20.2 Å². The van der Waals surface area contributed by atoms with Crippen molar-refractivity contribution >= 4 is 45.7 Å². The van der Waals surface area contributed by atoms with Gasteiger partial charge in [0.15, 0.2) is 5.82 Å². The first-order valence-electron chi connectivity index (χ1n) is 25.1. The number of aromatic nitrogens is 5. The number of piperazine rings is 1. The number of piperidine rings is 1. The Bertz CT molecular complexity index is 3100. The maximum atomic E-state index is 13.8. The summed E-state index contributed by atoms with van der Waals surface area (Å²) in [6.45, 7) is 12.4. The fourth-order valence-corrected chi connectivity index (χ4v) is 11.2. The summed E-state index contributed by atoms with van der Waals surface area (Å²) < 4.78 is 7.84. The van der Waals surface area contributed by atoms with E-state index in [1.807, 2.05) is 67.0 Å². The average molecular weight is 995 g/mol. The molecule has 1 atom stereocenters. The molecule has 2 amide bonds. The van der Waals surface area contributed by atoms with E-state index < -0.39 is 5.69 Å². The second-order valence-corrected chi connectivity index (χ2v) is 20.3. The molecule has 3 saturated heterocycles. The Balaban J connectivity index is 0.759. The number of anilines is 2. The molecule has 72 heavy (non-hydrogen) atoms. The number of rotatable bonds is 13. The van der Waals surface area contributed by atoms with E-state index in [1.54, 1.807) is 6.07 Å². The second-order valence-electron chi connectivity index (χ2n) is 19.9. The van der Waals surface area contributed by atoms with E-state index >= 15 is 0 Å². The van der Waals surface area contributed by atoms with Crippen LogP contribution in [0.4, 0.5) is 11.5 Å². The largest absolute Gasteiger partial charge is 0.508 e. The molecule has 6 aromatic rings. The van der Waals surface area contributed by atoms with Gasteiger partial charge in [0.2, 0.25) is 11.8 Å². The number of hydrogen-bond acceptors (Lipinski definition) is 13. The number of H-pyrrole nitrogens is 1. The van der Waals surface area contributed by atoms with Gasteiger partial charge in [0.05, 0.1) is 53.7 Å². The molecule has 6 heterocycles. The van der Waals surface area contributed by atoms with Gasteiger partial charge in [-0.3, -0.25) is 14.5 Å². The van der Waals surface area contributed by atoms with Gasteiger partial charge < -0.3 is 34.5 Å². The van der Waals surface area contributed by atoms with Crippen molar-refractivity contribution in [3.05, 3.63) is 111 Å². The molecular weight excluding hydrogens is 934 g/mol. The molecule has 3 fully saturated rings. The molecular formula is C54H60ClN11O6. The highest BCUT2D eigenvalue weighted by molar-refractivity contribution is 6.36. The lowest BCUT2D eigenvalue weighted by molar-refractivity contribution is -0.144. The van der Waals surface area contributed by atoms with Crippen molar-refractivity contribution in [1.82, 2.24) is 39.4 Å². The van der Waals surface area contributed by atoms with E-state index in [4.69, 9.17) is 26.3 Å². The zero-order valence-corrected chi connectivity index (χ0v) is 41.7. The van der Waals surface area contributed by atoms with Crippen LogP contribution in [0.25, 0.3) is 27.8 Å². The van der Waals surface area contributed by atoms with Crippen molar-refractivity contribution in [1.29, 1.82) is 5.26 Å². The van der Waals surface area contributed by atoms with Crippen molar-refractivity contribution in [3.63, 3.8) is 0 Å². The topological polar surface area (TPSA) is 200 Å². The van der Waals surface area contributed by atoms with Gasteiger partial charge >= 0.3 is 11.7 Å². The van der Waals surface area contributed by atoms with Crippen LogP contribution in [0.2, 0.25) is 5.02 Å². The number of ether oxygens (including phenoxy) is 1. The molecule has 0 bridgehead atoms. The summed E-state index contributed by atoms with van der Waals surface area (Å²) in [6, 6.07) is 25.1. The maximum Gasteiger partial charge on any atom is 0.348 e. The van der Waals surface area contributed by atoms with Crippen LogP contribution in [0.1, 0.15) is 74.8 Å². The Hall–Kier alpha value is -7.16. The number of phenols is 2. The number of carbonyl (C=O) groups is 2. The van der Waals surface area contributed by atoms with Crippen LogP contribution in [0.15, 0.2) is 77.6 Å². The summed E-state index contributed by atoms with van der Waals surface area (Å²) in [4.78, 5) is 60.3. The summed E-state index contributed by atoms with van der Waals surface area (Å²) in [5, 5.41) is 40.3. The molecule has 4 aliphatic heterocycles. The molecule has 4 aromatic carbocycles. The van der Waals surface area contributed by atoms with E-state index in [9.17, 15) is 29.9 Å². The molecule has 18 heteroatoms. The predicted octanol–water partition coefficient (Wildman–Crippen LogP) is 7.01. The normalized spacial score (nSPS) is 17.8. The highest BCUT2D eigenvalue weighted by Gasteiger charge is 2.38. The summed E-state index contributed by atoms with van der Waals surface area (Å²) in [6.07, 6.45) is 2.85. The highest BCUT2D eigenvalue weighted by Crippen LogP contribution is 2.39. The van der Waals surface area contributed by atoms with E-state index in [0.29, 0.717) is 87.1 Å². The van der Waals surface area contributed by atoms with Crippen molar-refractivity contribution in [2.75, 3.05) is 68.8 Å². The zero-order valence-electron chi connectivity index (χ0n) is 40.9. The number of fused-ring (bicyclic) bond motifs is 2. The number of nitrogens with one attached hydrogen (secondary N) is 1. The second kappa shape index (κ2) is 20.5. The van der Waals surface area contributed by atoms with Crippen LogP contribution >= 0.6 is 11.6 Å². The van der Waals surface area contributed by atoms with Gasteiger partial charge in [-0.2, -0.15) is 20.3 Å². The quantitative estimate of drug-likeness (QED) is 0.107. The Morgan fingerprint density at radius 3 is 2.43 bits per heavy atom. The fraction of sp³-hybridized carbons (Fsp3) is 0.426.